The number of nitriles is 1. The largest absolute Gasteiger partial charge is 0.444 e. The van der Waals surface area contributed by atoms with E-state index in [1.807, 2.05) is 137 Å². The van der Waals surface area contributed by atoms with E-state index in [1.54, 1.807) is 40.5 Å². The predicted molar refractivity (Wildman–Crippen MR) is 280 cm³/mol. The maximum absolute atomic E-state index is 12.3. The third kappa shape index (κ3) is 17.4. The van der Waals surface area contributed by atoms with Crippen LogP contribution in [-0.2, 0) is 4.74 Å². The average Bonchev–Trinajstić information content (AvgIpc) is 4.31. The van der Waals surface area contributed by atoms with Crippen LogP contribution < -0.4 is 21.7 Å². The summed E-state index contributed by atoms with van der Waals surface area (Å²) in [6.45, 7) is 11.7. The lowest BCUT2D eigenvalue weighted by Crippen LogP contribution is -2.36. The lowest BCUT2D eigenvalue weighted by atomic mass is 10.1. The summed E-state index contributed by atoms with van der Waals surface area (Å²) < 4.78 is 21.8. The van der Waals surface area contributed by atoms with Crippen LogP contribution in [0.5, 0.6) is 0 Å². The maximum Gasteiger partial charge on any atom is 0.410 e. The second-order valence-corrected chi connectivity index (χ2v) is 18.2. The van der Waals surface area contributed by atoms with Gasteiger partial charge in [-0.15, -0.1) is 0 Å². The summed E-state index contributed by atoms with van der Waals surface area (Å²) in [4.78, 5) is 74.1. The van der Waals surface area contributed by atoms with Gasteiger partial charge in [-0.1, -0.05) is 121 Å². The van der Waals surface area contributed by atoms with E-state index in [2.05, 4.69) is 37.1 Å². The standard InChI is InChI=1S/C20H25N3O4.C16H16N4O2.C12H12N2O2.C8H9NO/c1-20(2,3)27-19(25)23-10-9-14(13-23)11-21-17(24)18-22-12-16(26-18)15-7-5-4-6-8-15;17-11-20-7-6-12(10-20)8-18-15(21)16-19-9-14(22-16)13-4-2-1-3-5-13;1-2-13-11(15)12-14-8-10(16-12)9-6-4-3-5-7-9;9-6-8(10)7-4-2-1-3-5-7/h4-8,12,14H,9-11,13H2,1-3H3,(H,21,24);1-5,9,12H,6-8,10H2,(H,18,21);3-8H,2H2,1H3,(H,13,15);1-5H,6,9H2. The molecule has 4 aromatic carbocycles. The van der Waals surface area contributed by atoms with E-state index in [-0.39, 0.29) is 59.7 Å². The Hall–Kier alpha value is -8.89. The number of nitrogens with one attached hydrogen (secondary N) is 3. The first-order valence-electron chi connectivity index (χ1n) is 24.5. The molecule has 19 heteroatoms. The molecule has 9 rings (SSSR count). The van der Waals surface area contributed by atoms with Gasteiger partial charge in [0.2, 0.25) is 0 Å². The summed E-state index contributed by atoms with van der Waals surface area (Å²) in [6, 6.07) is 37.6. The summed E-state index contributed by atoms with van der Waals surface area (Å²) >= 11 is 0. The molecular weight excluding hydrogens is 957 g/mol. The number of likely N-dealkylation sites (tertiary alicyclic amines) is 2. The second-order valence-electron chi connectivity index (χ2n) is 18.2. The van der Waals surface area contributed by atoms with E-state index in [9.17, 15) is 24.0 Å². The van der Waals surface area contributed by atoms with E-state index >= 15 is 0 Å². The van der Waals surface area contributed by atoms with Crippen LogP contribution in [0.3, 0.4) is 0 Å². The fraction of sp³-hybridized carbons (Fsp3) is 0.304. The van der Waals surface area contributed by atoms with Crippen molar-refractivity contribution in [3.8, 4) is 40.2 Å². The molecule has 2 aliphatic rings. The van der Waals surface area contributed by atoms with Crippen molar-refractivity contribution in [1.29, 1.82) is 5.26 Å². The van der Waals surface area contributed by atoms with Gasteiger partial charge in [-0.2, -0.15) is 5.26 Å². The third-order valence-electron chi connectivity index (χ3n) is 11.4. The number of hydrogen-bond acceptors (Lipinski definition) is 15. The topological polar surface area (TPSA) is 265 Å². The number of ketones is 1. The molecule has 75 heavy (non-hydrogen) atoms. The first-order chi connectivity index (χ1) is 36.2. The number of nitrogens with two attached hydrogens (primary N) is 1. The molecule has 5 N–H and O–H groups in total. The number of nitrogens with zero attached hydrogens (tertiary/aromatic N) is 6. The van der Waals surface area contributed by atoms with Gasteiger partial charge in [0, 0.05) is 68.1 Å². The Balaban J connectivity index is 0.000000171. The number of carbonyl (C=O) groups is 5. The number of Topliss-reactive ketones (excluding diaryl/α,β-unsaturated/α-hetero) is 1. The van der Waals surface area contributed by atoms with Crippen LogP contribution in [0.25, 0.3) is 34.0 Å². The Morgan fingerprint density at radius 2 is 1.03 bits per heavy atom. The molecule has 19 nitrogen and oxygen atoms in total. The molecule has 5 heterocycles. The molecule has 0 bridgehead atoms. The van der Waals surface area contributed by atoms with E-state index in [4.69, 9.17) is 29.0 Å². The number of oxazole rings is 3. The summed E-state index contributed by atoms with van der Waals surface area (Å²) in [5.41, 5.74) is 7.99. The molecular formula is C56H62N10O9. The van der Waals surface area contributed by atoms with Crippen molar-refractivity contribution in [2.24, 2.45) is 17.6 Å². The summed E-state index contributed by atoms with van der Waals surface area (Å²) in [5, 5.41) is 17.1. The fourth-order valence-corrected chi connectivity index (χ4v) is 7.53. The molecule has 0 radical (unpaired) electrons. The molecule has 2 aliphatic heterocycles. The number of ether oxygens (including phenoxy) is 1. The minimum absolute atomic E-state index is 0.0133. The lowest BCUT2D eigenvalue weighted by molar-refractivity contribution is 0.0288. The van der Waals surface area contributed by atoms with Crippen LogP contribution in [0.1, 0.15) is 83.0 Å². The van der Waals surface area contributed by atoms with Crippen molar-refractivity contribution in [2.75, 3.05) is 52.4 Å². The Morgan fingerprint density at radius 1 is 0.627 bits per heavy atom. The van der Waals surface area contributed by atoms with Gasteiger partial charge in [-0.05, 0) is 52.4 Å². The van der Waals surface area contributed by atoms with E-state index in [1.165, 1.54) is 0 Å². The molecule has 3 aromatic heterocycles. The predicted octanol–water partition coefficient (Wildman–Crippen LogP) is 8.12. The zero-order chi connectivity index (χ0) is 53.6. The minimum Gasteiger partial charge on any atom is -0.444 e. The molecule has 390 valence electrons. The Bertz CT molecular complexity index is 2950. The van der Waals surface area contributed by atoms with Gasteiger partial charge in [-0.3, -0.25) is 19.2 Å². The molecule has 4 amide bonds. The fourth-order valence-electron chi connectivity index (χ4n) is 7.53. The van der Waals surface area contributed by atoms with Crippen molar-refractivity contribution < 1.29 is 42.0 Å². The Labute approximate surface area is 435 Å². The quantitative estimate of drug-likeness (QED) is 0.0627. The highest BCUT2D eigenvalue weighted by atomic mass is 16.6. The van der Waals surface area contributed by atoms with Gasteiger partial charge in [0.25, 0.3) is 17.7 Å². The number of amides is 4. The highest BCUT2D eigenvalue weighted by Gasteiger charge is 2.30. The van der Waals surface area contributed by atoms with Crippen molar-refractivity contribution in [2.45, 2.75) is 46.1 Å². The smallest absolute Gasteiger partial charge is 0.410 e. The zero-order valence-corrected chi connectivity index (χ0v) is 42.4. The molecule has 2 saturated heterocycles. The van der Waals surface area contributed by atoms with E-state index in [0.29, 0.717) is 68.0 Å². The normalized spacial score (nSPS) is 14.6. The molecule has 2 unspecified atom stereocenters. The zero-order valence-electron chi connectivity index (χ0n) is 42.4. The molecule has 0 aliphatic carbocycles. The van der Waals surface area contributed by atoms with Gasteiger partial charge in [-0.25, -0.2) is 19.7 Å². The number of rotatable bonds is 13. The Morgan fingerprint density at radius 3 is 1.41 bits per heavy atom. The number of carbonyl (C=O) groups excluding carboxylic acids is 5. The highest BCUT2D eigenvalue weighted by molar-refractivity contribution is 5.97. The summed E-state index contributed by atoms with van der Waals surface area (Å²) in [6.07, 6.45) is 8.20. The molecule has 0 spiro atoms. The SMILES string of the molecule is CC(C)(C)OC(=O)N1CCC(CNC(=O)c2ncc(-c3ccccc3)o2)C1.CCNC(=O)c1ncc(-c2ccccc2)o1.N#CN1CCC(CNC(=O)c2ncc(-c3ccccc3)o2)C1.NCC(=O)c1ccccc1. The van der Waals surface area contributed by atoms with Crippen LogP contribution in [0, 0.1) is 23.3 Å². The molecule has 0 saturated carbocycles. The summed E-state index contributed by atoms with van der Waals surface area (Å²) in [5.74, 6) is 1.43. The molecule has 2 fully saturated rings. The maximum atomic E-state index is 12.3. The lowest BCUT2D eigenvalue weighted by Gasteiger charge is -2.24. The van der Waals surface area contributed by atoms with E-state index < -0.39 is 5.60 Å². The van der Waals surface area contributed by atoms with Crippen LogP contribution in [0.4, 0.5) is 4.79 Å². The van der Waals surface area contributed by atoms with Gasteiger partial charge in [0.05, 0.1) is 25.1 Å². The van der Waals surface area contributed by atoms with Gasteiger partial charge < -0.3 is 49.5 Å². The first-order valence-corrected chi connectivity index (χ1v) is 24.5. The van der Waals surface area contributed by atoms with Gasteiger partial charge >= 0.3 is 23.8 Å². The number of aromatic nitrogens is 3. The minimum atomic E-state index is -0.509. The van der Waals surface area contributed by atoms with Gasteiger partial charge in [0.1, 0.15) is 5.60 Å². The van der Waals surface area contributed by atoms with Crippen molar-refractivity contribution in [3.63, 3.8) is 0 Å². The van der Waals surface area contributed by atoms with Crippen LogP contribution in [0.15, 0.2) is 153 Å². The Kier molecular flexibility index (Phi) is 20.5. The average molecular weight is 1020 g/mol. The van der Waals surface area contributed by atoms with Crippen molar-refractivity contribution >= 4 is 29.6 Å². The molecule has 7 aromatic rings. The first kappa shape index (κ1) is 55.4. The number of benzene rings is 4. The van der Waals surface area contributed by atoms with Crippen molar-refractivity contribution in [3.05, 3.63) is 163 Å². The molecule has 2 atom stereocenters. The third-order valence-corrected chi connectivity index (χ3v) is 11.4. The summed E-state index contributed by atoms with van der Waals surface area (Å²) in [7, 11) is 0. The van der Waals surface area contributed by atoms with Crippen LogP contribution in [0.2, 0.25) is 0 Å². The number of hydrogen-bond donors (Lipinski definition) is 4. The monoisotopic (exact) mass is 1020 g/mol. The second kappa shape index (κ2) is 27.8. The van der Waals surface area contributed by atoms with E-state index in [0.717, 1.165) is 36.1 Å². The highest BCUT2D eigenvalue weighted by Crippen LogP contribution is 2.23. The van der Waals surface area contributed by atoms with Crippen LogP contribution >= 0.6 is 0 Å². The van der Waals surface area contributed by atoms with Crippen molar-refractivity contribution in [1.82, 2.24) is 40.7 Å². The van der Waals surface area contributed by atoms with Crippen LogP contribution in [-0.4, -0.2) is 112 Å². The van der Waals surface area contributed by atoms with Gasteiger partial charge in [0.15, 0.2) is 29.3 Å².